The number of nitrogens with zero attached hydrogens (tertiary/aromatic N) is 1. The van der Waals surface area contributed by atoms with Crippen molar-refractivity contribution < 1.29 is 4.48 Å². The SMILES string of the molecule is CNc1cccn(F)c1=O. The first-order valence-electron chi connectivity index (χ1n) is 2.81. The molecule has 3 nitrogen and oxygen atoms in total. The van der Waals surface area contributed by atoms with Crippen LogP contribution >= 0.6 is 0 Å². The molecule has 1 aromatic rings. The van der Waals surface area contributed by atoms with E-state index in [2.05, 4.69) is 5.32 Å². The monoisotopic (exact) mass is 142 g/mol. The molecule has 4 heteroatoms. The molecule has 0 fully saturated rings. The van der Waals surface area contributed by atoms with E-state index in [1.807, 2.05) is 0 Å². The van der Waals surface area contributed by atoms with Crippen LogP contribution in [0.25, 0.3) is 0 Å². The van der Waals surface area contributed by atoms with Gasteiger partial charge >= 0.3 is 5.56 Å². The van der Waals surface area contributed by atoms with E-state index < -0.39 is 5.56 Å². The van der Waals surface area contributed by atoms with Crippen molar-refractivity contribution in [3.05, 3.63) is 28.7 Å². The third kappa shape index (κ3) is 1.00. The second kappa shape index (κ2) is 2.51. The summed E-state index contributed by atoms with van der Waals surface area (Å²) in [6.45, 7) is 0. The van der Waals surface area contributed by atoms with Crippen LogP contribution in [0.3, 0.4) is 0 Å². The van der Waals surface area contributed by atoms with Crippen LogP contribution in [0.15, 0.2) is 23.1 Å². The maximum atomic E-state index is 12.3. The van der Waals surface area contributed by atoms with Crippen molar-refractivity contribution in [1.29, 1.82) is 0 Å². The third-order valence-corrected chi connectivity index (χ3v) is 1.17. The fourth-order valence-electron chi connectivity index (χ4n) is 0.659. The lowest BCUT2D eigenvalue weighted by Gasteiger charge is -1.96. The molecule has 0 unspecified atom stereocenters. The summed E-state index contributed by atoms with van der Waals surface area (Å²) in [6.07, 6.45) is 1.06. The maximum absolute atomic E-state index is 12.3. The zero-order chi connectivity index (χ0) is 7.56. The Kier molecular flexibility index (Phi) is 1.71. The molecule has 0 atom stereocenters. The van der Waals surface area contributed by atoms with Crippen LogP contribution in [-0.2, 0) is 0 Å². The molecule has 0 bridgehead atoms. The van der Waals surface area contributed by atoms with Crippen LogP contribution in [-0.4, -0.2) is 11.8 Å². The molecular weight excluding hydrogens is 135 g/mol. The summed E-state index contributed by atoms with van der Waals surface area (Å²) < 4.78 is 12.3. The van der Waals surface area contributed by atoms with Gasteiger partial charge in [0.15, 0.2) is 0 Å². The van der Waals surface area contributed by atoms with Gasteiger partial charge in [0.2, 0.25) is 0 Å². The molecule has 0 radical (unpaired) electrons. The van der Waals surface area contributed by atoms with Crippen LogP contribution in [0.1, 0.15) is 0 Å². The molecule has 0 aliphatic heterocycles. The van der Waals surface area contributed by atoms with Crippen molar-refractivity contribution in [2.45, 2.75) is 0 Å². The van der Waals surface area contributed by atoms with Gasteiger partial charge in [-0.3, -0.25) is 4.79 Å². The van der Waals surface area contributed by atoms with Crippen molar-refractivity contribution in [1.82, 2.24) is 4.79 Å². The Balaban J connectivity index is 3.28. The number of hydrogen-bond acceptors (Lipinski definition) is 2. The topological polar surface area (TPSA) is 34.0 Å². The molecule has 1 heterocycles. The predicted molar refractivity (Wildman–Crippen MR) is 36.8 cm³/mol. The van der Waals surface area contributed by atoms with Gasteiger partial charge in [0.05, 0.1) is 0 Å². The normalized spacial score (nSPS) is 9.40. The Labute approximate surface area is 57.0 Å². The minimum atomic E-state index is -0.662. The fourth-order valence-corrected chi connectivity index (χ4v) is 0.659. The summed E-state index contributed by atoms with van der Waals surface area (Å²) in [5, 5.41) is 2.56. The average molecular weight is 142 g/mol. The van der Waals surface area contributed by atoms with Gasteiger partial charge < -0.3 is 5.32 Å². The molecule has 0 saturated heterocycles. The average Bonchev–Trinajstić information content (AvgIpc) is 1.95. The van der Waals surface area contributed by atoms with E-state index in [0.717, 1.165) is 6.20 Å². The number of halogens is 1. The lowest BCUT2D eigenvalue weighted by Crippen LogP contribution is -2.15. The second-order valence-electron chi connectivity index (χ2n) is 1.79. The highest BCUT2D eigenvalue weighted by Gasteiger charge is 1.97. The summed E-state index contributed by atoms with van der Waals surface area (Å²) in [5.74, 6) is 0. The summed E-state index contributed by atoms with van der Waals surface area (Å²) >= 11 is 0. The van der Waals surface area contributed by atoms with E-state index >= 15 is 0 Å². The zero-order valence-electron chi connectivity index (χ0n) is 5.47. The zero-order valence-corrected chi connectivity index (χ0v) is 5.47. The first kappa shape index (κ1) is 6.80. The van der Waals surface area contributed by atoms with E-state index in [1.165, 1.54) is 12.1 Å². The highest BCUT2D eigenvalue weighted by molar-refractivity contribution is 5.38. The van der Waals surface area contributed by atoms with Crippen LogP contribution < -0.4 is 10.9 Å². The van der Waals surface area contributed by atoms with Gasteiger partial charge in [0.1, 0.15) is 5.69 Å². The summed E-state index contributed by atoms with van der Waals surface area (Å²) in [7, 11) is 1.57. The largest absolute Gasteiger partial charge is 0.384 e. The van der Waals surface area contributed by atoms with Crippen molar-refractivity contribution in [2.75, 3.05) is 12.4 Å². The second-order valence-corrected chi connectivity index (χ2v) is 1.79. The minimum absolute atomic E-state index is 0.0336. The molecule has 54 valence electrons. The van der Waals surface area contributed by atoms with Crippen molar-refractivity contribution in [3.8, 4) is 0 Å². The van der Waals surface area contributed by atoms with Gasteiger partial charge in [0.25, 0.3) is 0 Å². The summed E-state index contributed by atoms with van der Waals surface area (Å²) in [6, 6.07) is 2.96. The Morgan fingerprint density at radius 1 is 1.70 bits per heavy atom. The van der Waals surface area contributed by atoms with Gasteiger partial charge in [-0.05, 0) is 12.1 Å². The molecule has 1 rings (SSSR count). The van der Waals surface area contributed by atoms with Crippen LogP contribution in [0.2, 0.25) is 0 Å². The Morgan fingerprint density at radius 2 is 2.40 bits per heavy atom. The van der Waals surface area contributed by atoms with Crippen LogP contribution in [0.4, 0.5) is 10.2 Å². The first-order valence-corrected chi connectivity index (χ1v) is 2.81. The molecule has 0 aromatic carbocycles. The highest BCUT2D eigenvalue weighted by Crippen LogP contribution is 1.95. The number of anilines is 1. The number of aromatic nitrogens is 1. The van der Waals surface area contributed by atoms with E-state index in [1.54, 1.807) is 7.05 Å². The molecular formula is C6H7FN2O. The first-order chi connectivity index (χ1) is 4.75. The third-order valence-electron chi connectivity index (χ3n) is 1.17. The predicted octanol–water partition coefficient (Wildman–Crippen LogP) is 0.623. The van der Waals surface area contributed by atoms with E-state index in [0.29, 0.717) is 0 Å². The van der Waals surface area contributed by atoms with Gasteiger partial charge in [0, 0.05) is 13.2 Å². The molecule has 0 amide bonds. The van der Waals surface area contributed by atoms with Crippen LogP contribution in [0, 0.1) is 0 Å². The minimum Gasteiger partial charge on any atom is -0.384 e. The molecule has 1 aromatic heterocycles. The molecule has 1 N–H and O–H groups in total. The number of rotatable bonds is 1. The van der Waals surface area contributed by atoms with Gasteiger partial charge in [-0.2, -0.15) is 0 Å². The van der Waals surface area contributed by atoms with E-state index in [9.17, 15) is 9.28 Å². The molecule has 0 spiro atoms. The Morgan fingerprint density at radius 3 is 2.90 bits per heavy atom. The van der Waals surface area contributed by atoms with Gasteiger partial charge in [-0.25, -0.2) is 0 Å². The van der Waals surface area contributed by atoms with Crippen molar-refractivity contribution >= 4 is 5.69 Å². The lowest BCUT2D eigenvalue weighted by atomic mass is 10.4. The maximum Gasteiger partial charge on any atom is 0.301 e. The highest BCUT2D eigenvalue weighted by atomic mass is 19.2. The Hall–Kier alpha value is -1.32. The molecule has 0 aliphatic carbocycles. The summed E-state index contributed by atoms with van der Waals surface area (Å²) in [5.41, 5.74) is -0.407. The molecule has 10 heavy (non-hydrogen) atoms. The fraction of sp³-hybridized carbons (Fsp3) is 0.167. The standard InChI is InChI=1S/C6H7FN2O/c1-8-5-3-2-4-9(7)6(5)10/h2-4,8H,1H3. The number of nitrogens with one attached hydrogen (secondary N) is 1. The van der Waals surface area contributed by atoms with Gasteiger partial charge in [-0.15, -0.1) is 4.79 Å². The Bertz CT molecular complexity index is 281. The van der Waals surface area contributed by atoms with Crippen molar-refractivity contribution in [2.24, 2.45) is 0 Å². The van der Waals surface area contributed by atoms with E-state index in [4.69, 9.17) is 0 Å². The number of hydrogen-bond donors (Lipinski definition) is 1. The smallest absolute Gasteiger partial charge is 0.301 e. The van der Waals surface area contributed by atoms with Crippen LogP contribution in [0.5, 0.6) is 0 Å². The number of pyridine rings is 1. The molecule has 0 aliphatic rings. The van der Waals surface area contributed by atoms with Crippen molar-refractivity contribution in [3.63, 3.8) is 0 Å². The quantitative estimate of drug-likeness (QED) is 0.623. The van der Waals surface area contributed by atoms with E-state index in [-0.39, 0.29) is 10.5 Å². The lowest BCUT2D eigenvalue weighted by molar-refractivity contribution is 0.353. The summed E-state index contributed by atoms with van der Waals surface area (Å²) in [4.78, 5) is 10.8. The van der Waals surface area contributed by atoms with Gasteiger partial charge in [-0.1, -0.05) is 4.48 Å². The molecule has 0 saturated carbocycles.